The molecule has 0 saturated carbocycles. The summed E-state index contributed by atoms with van der Waals surface area (Å²) in [7, 11) is 0. The van der Waals surface area contributed by atoms with Crippen molar-refractivity contribution in [3.63, 3.8) is 0 Å². The molecule has 0 unspecified atom stereocenters. The second kappa shape index (κ2) is 7.95. The van der Waals surface area contributed by atoms with Gasteiger partial charge in [0, 0.05) is 19.6 Å². The zero-order valence-corrected chi connectivity index (χ0v) is 8.41. The van der Waals surface area contributed by atoms with Gasteiger partial charge in [-0.15, -0.1) is 0 Å². The van der Waals surface area contributed by atoms with Crippen LogP contribution in [0.1, 0.15) is 26.7 Å². The predicted molar refractivity (Wildman–Crippen MR) is 51.5 cm³/mol. The second-order valence-electron chi connectivity index (χ2n) is 2.66. The SMILES string of the molecule is C=C(C=O)CCC(OCC)OCC. The first kappa shape index (κ1) is 12.3. The van der Waals surface area contributed by atoms with Gasteiger partial charge in [0.15, 0.2) is 6.29 Å². The maximum atomic E-state index is 10.3. The minimum atomic E-state index is -0.202. The van der Waals surface area contributed by atoms with Gasteiger partial charge in [0.1, 0.15) is 6.29 Å². The number of carbonyl (C=O) groups excluding carboxylic acids is 1. The highest BCUT2D eigenvalue weighted by molar-refractivity contribution is 5.71. The molecule has 0 bridgehead atoms. The van der Waals surface area contributed by atoms with Gasteiger partial charge in [-0.25, -0.2) is 0 Å². The fourth-order valence-electron chi connectivity index (χ4n) is 0.949. The third-order valence-corrected chi connectivity index (χ3v) is 1.57. The first-order valence-electron chi connectivity index (χ1n) is 4.60. The molecule has 0 saturated heterocycles. The van der Waals surface area contributed by atoms with Crippen molar-refractivity contribution in [1.82, 2.24) is 0 Å². The van der Waals surface area contributed by atoms with Crippen LogP contribution in [0.5, 0.6) is 0 Å². The first-order valence-corrected chi connectivity index (χ1v) is 4.60. The first-order chi connectivity index (χ1) is 6.24. The molecule has 0 aliphatic carbocycles. The van der Waals surface area contributed by atoms with Crippen molar-refractivity contribution in [3.8, 4) is 0 Å². The Bertz CT molecular complexity index is 148. The van der Waals surface area contributed by atoms with Crippen molar-refractivity contribution in [2.75, 3.05) is 13.2 Å². The minimum absolute atomic E-state index is 0.202. The van der Waals surface area contributed by atoms with E-state index in [-0.39, 0.29) is 6.29 Å². The van der Waals surface area contributed by atoms with Gasteiger partial charge in [-0.3, -0.25) is 4.79 Å². The maximum absolute atomic E-state index is 10.3. The standard InChI is InChI=1S/C10H18O3/c1-4-12-10(13-5-2)7-6-9(3)8-11/h8,10H,3-7H2,1-2H3. The Hall–Kier alpha value is -0.670. The maximum Gasteiger partial charge on any atom is 0.157 e. The molecule has 0 heterocycles. The third kappa shape index (κ3) is 6.49. The van der Waals surface area contributed by atoms with E-state index in [9.17, 15) is 4.79 Å². The Kier molecular flexibility index (Phi) is 7.54. The highest BCUT2D eigenvalue weighted by atomic mass is 16.7. The molecule has 13 heavy (non-hydrogen) atoms. The fraction of sp³-hybridized carbons (Fsp3) is 0.700. The van der Waals surface area contributed by atoms with Crippen molar-refractivity contribution in [1.29, 1.82) is 0 Å². The molecule has 76 valence electrons. The summed E-state index contributed by atoms with van der Waals surface area (Å²) in [6, 6.07) is 0. The zero-order valence-electron chi connectivity index (χ0n) is 8.41. The summed E-state index contributed by atoms with van der Waals surface area (Å²) in [5, 5.41) is 0. The van der Waals surface area contributed by atoms with Crippen molar-refractivity contribution < 1.29 is 14.3 Å². The summed E-state index contributed by atoms with van der Waals surface area (Å²) in [4.78, 5) is 10.3. The molecule has 0 spiro atoms. The topological polar surface area (TPSA) is 35.5 Å². The van der Waals surface area contributed by atoms with Crippen molar-refractivity contribution in [3.05, 3.63) is 12.2 Å². The van der Waals surface area contributed by atoms with E-state index in [0.717, 1.165) is 6.29 Å². The van der Waals surface area contributed by atoms with Crippen molar-refractivity contribution in [2.45, 2.75) is 33.0 Å². The lowest BCUT2D eigenvalue weighted by Crippen LogP contribution is -2.17. The number of allylic oxidation sites excluding steroid dienone is 1. The molecule has 0 fully saturated rings. The summed E-state index contributed by atoms with van der Waals surface area (Å²) >= 11 is 0. The monoisotopic (exact) mass is 186 g/mol. The smallest absolute Gasteiger partial charge is 0.157 e. The highest BCUT2D eigenvalue weighted by Gasteiger charge is 2.07. The van der Waals surface area contributed by atoms with E-state index < -0.39 is 0 Å². The van der Waals surface area contributed by atoms with Crippen LogP contribution in [0.3, 0.4) is 0 Å². The molecule has 0 atom stereocenters. The summed E-state index contributed by atoms with van der Waals surface area (Å²) in [6.07, 6.45) is 1.90. The van der Waals surface area contributed by atoms with Gasteiger partial charge < -0.3 is 9.47 Å². The largest absolute Gasteiger partial charge is 0.353 e. The number of carbonyl (C=O) groups is 1. The van der Waals surface area contributed by atoms with Crippen LogP contribution in [0.4, 0.5) is 0 Å². The number of ether oxygens (including phenoxy) is 2. The molecule has 0 aliphatic rings. The average molecular weight is 186 g/mol. The number of aldehydes is 1. The molecule has 0 radical (unpaired) electrons. The molecule has 0 aromatic rings. The van der Waals surface area contributed by atoms with Crippen LogP contribution in [-0.2, 0) is 14.3 Å². The molecular formula is C10H18O3. The molecule has 0 rings (SSSR count). The van der Waals surface area contributed by atoms with Crippen LogP contribution in [-0.4, -0.2) is 25.8 Å². The van der Waals surface area contributed by atoms with E-state index in [4.69, 9.17) is 9.47 Å². The molecule has 0 aromatic carbocycles. The summed E-state index contributed by atoms with van der Waals surface area (Å²) < 4.78 is 10.6. The molecule has 0 aromatic heterocycles. The quantitative estimate of drug-likeness (QED) is 0.330. The number of hydrogen-bond donors (Lipinski definition) is 0. The second-order valence-corrected chi connectivity index (χ2v) is 2.66. The van der Waals surface area contributed by atoms with E-state index in [0.29, 0.717) is 31.6 Å². The van der Waals surface area contributed by atoms with Gasteiger partial charge in [0.25, 0.3) is 0 Å². The van der Waals surface area contributed by atoms with Crippen LogP contribution in [0.15, 0.2) is 12.2 Å². The lowest BCUT2D eigenvalue weighted by molar-refractivity contribution is -0.139. The van der Waals surface area contributed by atoms with E-state index in [1.54, 1.807) is 0 Å². The van der Waals surface area contributed by atoms with E-state index in [2.05, 4.69) is 6.58 Å². The van der Waals surface area contributed by atoms with Gasteiger partial charge in [0.05, 0.1) is 0 Å². The third-order valence-electron chi connectivity index (χ3n) is 1.57. The molecule has 3 heteroatoms. The average Bonchev–Trinajstić information content (AvgIpc) is 2.14. The molecular weight excluding hydrogens is 168 g/mol. The molecule has 0 N–H and O–H groups in total. The molecule has 0 amide bonds. The highest BCUT2D eigenvalue weighted by Crippen LogP contribution is 2.08. The lowest BCUT2D eigenvalue weighted by Gasteiger charge is -2.16. The lowest BCUT2D eigenvalue weighted by atomic mass is 10.2. The Balaban J connectivity index is 3.67. The van der Waals surface area contributed by atoms with Crippen molar-refractivity contribution >= 4 is 6.29 Å². The fourth-order valence-corrected chi connectivity index (χ4v) is 0.949. The minimum Gasteiger partial charge on any atom is -0.353 e. The molecule has 3 nitrogen and oxygen atoms in total. The van der Waals surface area contributed by atoms with Crippen LogP contribution < -0.4 is 0 Å². The van der Waals surface area contributed by atoms with E-state index in [1.807, 2.05) is 13.8 Å². The molecule has 0 aliphatic heterocycles. The summed E-state index contributed by atoms with van der Waals surface area (Å²) in [5.74, 6) is 0. The Morgan fingerprint density at radius 1 is 1.38 bits per heavy atom. The Morgan fingerprint density at radius 2 is 1.92 bits per heavy atom. The normalized spacial score (nSPS) is 10.4. The zero-order chi connectivity index (χ0) is 10.1. The van der Waals surface area contributed by atoms with Crippen LogP contribution in [0.25, 0.3) is 0 Å². The van der Waals surface area contributed by atoms with E-state index in [1.165, 1.54) is 0 Å². The van der Waals surface area contributed by atoms with Crippen molar-refractivity contribution in [2.24, 2.45) is 0 Å². The predicted octanol–water partition coefficient (Wildman–Crippen LogP) is 1.92. The van der Waals surface area contributed by atoms with E-state index >= 15 is 0 Å². The van der Waals surface area contributed by atoms with Gasteiger partial charge in [-0.1, -0.05) is 6.58 Å². The van der Waals surface area contributed by atoms with Gasteiger partial charge >= 0.3 is 0 Å². The van der Waals surface area contributed by atoms with Crippen LogP contribution in [0, 0.1) is 0 Å². The Labute approximate surface area is 79.7 Å². The van der Waals surface area contributed by atoms with Gasteiger partial charge in [-0.2, -0.15) is 0 Å². The number of rotatable bonds is 8. The van der Waals surface area contributed by atoms with Gasteiger partial charge in [0.2, 0.25) is 0 Å². The number of hydrogen-bond acceptors (Lipinski definition) is 3. The van der Waals surface area contributed by atoms with Gasteiger partial charge in [-0.05, 0) is 25.8 Å². The Morgan fingerprint density at radius 3 is 2.31 bits per heavy atom. The summed E-state index contributed by atoms with van der Waals surface area (Å²) in [5.41, 5.74) is 0.587. The summed E-state index contributed by atoms with van der Waals surface area (Å²) in [6.45, 7) is 8.67. The van der Waals surface area contributed by atoms with Crippen LogP contribution >= 0.6 is 0 Å². The van der Waals surface area contributed by atoms with Crippen LogP contribution in [0.2, 0.25) is 0 Å².